The van der Waals surface area contributed by atoms with Crippen molar-refractivity contribution in [2.75, 3.05) is 12.8 Å². The topological polar surface area (TPSA) is 74.4 Å². The van der Waals surface area contributed by atoms with Crippen molar-refractivity contribution in [1.82, 2.24) is 4.98 Å². The first-order valence-electron chi connectivity index (χ1n) is 6.13. The van der Waals surface area contributed by atoms with Crippen molar-refractivity contribution in [2.24, 2.45) is 0 Å². The van der Waals surface area contributed by atoms with Gasteiger partial charge in [0.1, 0.15) is 12.4 Å². The summed E-state index contributed by atoms with van der Waals surface area (Å²) in [4.78, 5) is 16.2. The SMILES string of the molecule is COc1ccc(C(=O)OCc2cccc(C)n2)cc1N. The molecule has 0 atom stereocenters. The van der Waals surface area contributed by atoms with E-state index in [1.807, 2.05) is 25.1 Å². The predicted molar refractivity (Wildman–Crippen MR) is 75.5 cm³/mol. The number of hydrogen-bond acceptors (Lipinski definition) is 5. The second-order valence-corrected chi connectivity index (χ2v) is 4.30. The molecule has 2 N–H and O–H groups in total. The lowest BCUT2D eigenvalue weighted by atomic mass is 10.2. The van der Waals surface area contributed by atoms with Gasteiger partial charge >= 0.3 is 5.97 Å². The van der Waals surface area contributed by atoms with Gasteiger partial charge in [-0.25, -0.2) is 4.79 Å². The molecule has 2 aromatic rings. The van der Waals surface area contributed by atoms with Crippen molar-refractivity contribution < 1.29 is 14.3 Å². The maximum Gasteiger partial charge on any atom is 0.338 e. The maximum atomic E-state index is 11.9. The van der Waals surface area contributed by atoms with Crippen LogP contribution in [0.3, 0.4) is 0 Å². The molecule has 1 aromatic heterocycles. The van der Waals surface area contributed by atoms with Crippen LogP contribution in [0.2, 0.25) is 0 Å². The van der Waals surface area contributed by atoms with Crippen LogP contribution < -0.4 is 10.5 Å². The van der Waals surface area contributed by atoms with E-state index in [9.17, 15) is 4.79 Å². The summed E-state index contributed by atoms with van der Waals surface area (Å²) in [5.41, 5.74) is 8.13. The first-order valence-corrected chi connectivity index (χ1v) is 6.13. The first kappa shape index (κ1) is 13.9. The molecule has 5 heteroatoms. The molecule has 5 nitrogen and oxygen atoms in total. The minimum absolute atomic E-state index is 0.131. The highest BCUT2D eigenvalue weighted by Gasteiger charge is 2.10. The molecule has 2 rings (SSSR count). The molecule has 1 aromatic carbocycles. The summed E-state index contributed by atoms with van der Waals surface area (Å²) in [6.45, 7) is 2.02. The summed E-state index contributed by atoms with van der Waals surface area (Å²) in [5.74, 6) is 0.0876. The van der Waals surface area contributed by atoms with Gasteiger partial charge in [-0.15, -0.1) is 0 Å². The standard InChI is InChI=1S/C15H16N2O3/c1-10-4-3-5-12(17-10)9-20-15(18)11-6-7-14(19-2)13(16)8-11/h3-8H,9,16H2,1-2H3. The largest absolute Gasteiger partial charge is 0.495 e. The Labute approximate surface area is 117 Å². The quantitative estimate of drug-likeness (QED) is 0.683. The number of benzene rings is 1. The van der Waals surface area contributed by atoms with E-state index in [2.05, 4.69) is 4.98 Å². The van der Waals surface area contributed by atoms with Gasteiger partial charge in [0.2, 0.25) is 0 Å². The van der Waals surface area contributed by atoms with Crippen molar-refractivity contribution in [3.8, 4) is 5.75 Å². The number of carbonyl (C=O) groups is 1. The number of nitrogens with two attached hydrogens (primary N) is 1. The number of esters is 1. The van der Waals surface area contributed by atoms with Crippen LogP contribution in [0.1, 0.15) is 21.7 Å². The number of aryl methyl sites for hydroxylation is 1. The zero-order valence-electron chi connectivity index (χ0n) is 11.4. The Kier molecular flexibility index (Phi) is 4.20. The molecule has 0 aliphatic rings. The molecular weight excluding hydrogens is 256 g/mol. The van der Waals surface area contributed by atoms with Gasteiger partial charge in [0.05, 0.1) is 24.1 Å². The van der Waals surface area contributed by atoms with E-state index in [4.69, 9.17) is 15.2 Å². The molecular formula is C15H16N2O3. The highest BCUT2D eigenvalue weighted by Crippen LogP contribution is 2.22. The molecule has 0 fully saturated rings. The lowest BCUT2D eigenvalue weighted by Crippen LogP contribution is -2.07. The molecule has 104 valence electrons. The number of carbonyl (C=O) groups excluding carboxylic acids is 1. The van der Waals surface area contributed by atoms with Gasteiger partial charge in [-0.2, -0.15) is 0 Å². The maximum absolute atomic E-state index is 11.9. The van der Waals surface area contributed by atoms with Crippen LogP contribution in [-0.4, -0.2) is 18.1 Å². The number of aromatic nitrogens is 1. The van der Waals surface area contributed by atoms with Crippen molar-refractivity contribution in [3.63, 3.8) is 0 Å². The molecule has 0 aliphatic heterocycles. The molecule has 0 spiro atoms. The Hall–Kier alpha value is -2.56. The third-order valence-corrected chi connectivity index (χ3v) is 2.76. The second-order valence-electron chi connectivity index (χ2n) is 4.30. The van der Waals surface area contributed by atoms with Crippen LogP contribution in [0.25, 0.3) is 0 Å². The molecule has 0 bridgehead atoms. The number of methoxy groups -OCH3 is 1. The molecule has 0 aliphatic carbocycles. The van der Waals surface area contributed by atoms with Gasteiger partial charge in [-0.3, -0.25) is 4.98 Å². The van der Waals surface area contributed by atoms with Crippen LogP contribution in [0, 0.1) is 6.92 Å². The summed E-state index contributed by atoms with van der Waals surface area (Å²) in [6.07, 6.45) is 0. The van der Waals surface area contributed by atoms with Crippen molar-refractivity contribution >= 4 is 11.7 Å². The Balaban J connectivity index is 2.03. The Morgan fingerprint density at radius 2 is 2.10 bits per heavy atom. The molecule has 1 heterocycles. The van der Waals surface area contributed by atoms with E-state index >= 15 is 0 Å². The smallest absolute Gasteiger partial charge is 0.338 e. The minimum atomic E-state index is -0.442. The predicted octanol–water partition coefficient (Wildman–Crippen LogP) is 2.34. The lowest BCUT2D eigenvalue weighted by molar-refractivity contribution is 0.0467. The van der Waals surface area contributed by atoms with Crippen LogP contribution in [-0.2, 0) is 11.3 Å². The van der Waals surface area contributed by atoms with Gasteiger partial charge in [-0.05, 0) is 37.3 Å². The first-order chi connectivity index (χ1) is 9.60. The van der Waals surface area contributed by atoms with Crippen LogP contribution in [0.4, 0.5) is 5.69 Å². The minimum Gasteiger partial charge on any atom is -0.495 e. The number of anilines is 1. The summed E-state index contributed by atoms with van der Waals surface area (Å²) in [5, 5.41) is 0. The van der Waals surface area contributed by atoms with E-state index in [0.717, 1.165) is 5.69 Å². The fourth-order valence-electron chi connectivity index (χ4n) is 1.76. The fourth-order valence-corrected chi connectivity index (χ4v) is 1.76. The Morgan fingerprint density at radius 1 is 1.30 bits per heavy atom. The monoisotopic (exact) mass is 272 g/mol. The van der Waals surface area contributed by atoms with Crippen LogP contribution in [0.5, 0.6) is 5.75 Å². The van der Waals surface area contributed by atoms with E-state index in [1.165, 1.54) is 13.2 Å². The zero-order valence-corrected chi connectivity index (χ0v) is 11.4. The summed E-state index contributed by atoms with van der Waals surface area (Å²) < 4.78 is 10.2. The number of nitrogens with zero attached hydrogens (tertiary/aromatic N) is 1. The molecule has 0 amide bonds. The third-order valence-electron chi connectivity index (χ3n) is 2.76. The number of hydrogen-bond donors (Lipinski definition) is 1. The fraction of sp³-hybridized carbons (Fsp3) is 0.200. The normalized spacial score (nSPS) is 10.1. The van der Waals surface area contributed by atoms with E-state index in [1.54, 1.807) is 12.1 Å². The van der Waals surface area contributed by atoms with E-state index in [0.29, 0.717) is 22.7 Å². The van der Waals surface area contributed by atoms with Gasteiger partial charge in [-0.1, -0.05) is 6.07 Å². The van der Waals surface area contributed by atoms with Gasteiger partial charge in [0.25, 0.3) is 0 Å². The summed E-state index contributed by atoms with van der Waals surface area (Å²) in [6, 6.07) is 10.3. The Morgan fingerprint density at radius 3 is 2.75 bits per heavy atom. The molecule has 0 saturated heterocycles. The van der Waals surface area contributed by atoms with Crippen molar-refractivity contribution in [2.45, 2.75) is 13.5 Å². The molecule has 20 heavy (non-hydrogen) atoms. The molecule has 0 unspecified atom stereocenters. The second kappa shape index (κ2) is 6.06. The number of rotatable bonds is 4. The van der Waals surface area contributed by atoms with Crippen LogP contribution in [0.15, 0.2) is 36.4 Å². The number of pyridine rings is 1. The third kappa shape index (κ3) is 3.26. The number of ether oxygens (including phenoxy) is 2. The van der Waals surface area contributed by atoms with Crippen LogP contribution >= 0.6 is 0 Å². The Bertz CT molecular complexity index is 626. The van der Waals surface area contributed by atoms with E-state index in [-0.39, 0.29) is 6.61 Å². The summed E-state index contributed by atoms with van der Waals surface area (Å²) >= 11 is 0. The zero-order chi connectivity index (χ0) is 14.5. The van der Waals surface area contributed by atoms with Gasteiger partial charge in [0.15, 0.2) is 0 Å². The van der Waals surface area contributed by atoms with Gasteiger partial charge < -0.3 is 15.2 Å². The lowest BCUT2D eigenvalue weighted by Gasteiger charge is -2.08. The summed E-state index contributed by atoms with van der Waals surface area (Å²) in [7, 11) is 1.52. The average Bonchev–Trinajstić information content (AvgIpc) is 2.44. The highest BCUT2D eigenvalue weighted by atomic mass is 16.5. The van der Waals surface area contributed by atoms with Crippen molar-refractivity contribution in [1.29, 1.82) is 0 Å². The number of nitrogen functional groups attached to an aromatic ring is 1. The van der Waals surface area contributed by atoms with Crippen molar-refractivity contribution in [3.05, 3.63) is 53.3 Å². The molecule has 0 saturated carbocycles. The highest BCUT2D eigenvalue weighted by molar-refractivity contribution is 5.91. The molecule has 0 radical (unpaired) electrons. The average molecular weight is 272 g/mol. The van der Waals surface area contributed by atoms with Gasteiger partial charge in [0, 0.05) is 5.69 Å². The van der Waals surface area contributed by atoms with E-state index < -0.39 is 5.97 Å².